The number of carbonyl (C=O) groups excluding carboxylic acids is 1. The predicted octanol–water partition coefficient (Wildman–Crippen LogP) is 5.36. The van der Waals surface area contributed by atoms with Crippen LogP contribution in [0.1, 0.15) is 60.7 Å². The highest BCUT2D eigenvalue weighted by Crippen LogP contribution is 2.23. The van der Waals surface area contributed by atoms with Gasteiger partial charge in [-0.05, 0) is 35.4 Å². The van der Waals surface area contributed by atoms with Crippen LogP contribution in [0.15, 0.2) is 54.6 Å². The highest BCUT2D eigenvalue weighted by molar-refractivity contribution is 5.94. The molecule has 136 valence electrons. The zero-order valence-corrected chi connectivity index (χ0v) is 15.8. The zero-order chi connectivity index (χ0) is 19.3. The molecule has 0 aliphatic heterocycles. The van der Waals surface area contributed by atoms with Crippen molar-refractivity contribution in [2.45, 2.75) is 40.0 Å². The van der Waals surface area contributed by atoms with Crippen molar-refractivity contribution in [2.24, 2.45) is 5.41 Å². The summed E-state index contributed by atoms with van der Waals surface area (Å²) in [6.07, 6.45) is 4.58. The number of carboxylic acid groups (broad SMARTS) is 1. The second-order valence-electron chi connectivity index (χ2n) is 7.71. The molecular formula is C23H26O3. The van der Waals surface area contributed by atoms with Gasteiger partial charge in [0.1, 0.15) is 0 Å². The van der Waals surface area contributed by atoms with Crippen molar-refractivity contribution in [3.05, 3.63) is 76.9 Å². The first-order chi connectivity index (χ1) is 12.2. The molecule has 0 aliphatic carbocycles. The average molecular weight is 350 g/mol. The minimum atomic E-state index is -0.848. The number of benzene rings is 2. The third-order valence-electron chi connectivity index (χ3n) is 4.21. The Morgan fingerprint density at radius 3 is 2.04 bits per heavy atom. The Bertz CT molecular complexity index is 791. The number of carbonyl (C=O) groups is 2. The summed E-state index contributed by atoms with van der Waals surface area (Å²) >= 11 is 0. The first-order valence-corrected chi connectivity index (χ1v) is 8.77. The summed E-state index contributed by atoms with van der Waals surface area (Å²) in [7, 11) is 0. The van der Waals surface area contributed by atoms with Crippen LogP contribution in [0.4, 0.5) is 0 Å². The minimum Gasteiger partial charge on any atom is -0.481 e. The lowest BCUT2D eigenvalue weighted by molar-refractivity contribution is -0.138. The molecule has 0 saturated heterocycles. The number of rotatable bonds is 6. The summed E-state index contributed by atoms with van der Waals surface area (Å²) in [5, 5.41) is 9.64. The van der Waals surface area contributed by atoms with Gasteiger partial charge in [0.05, 0.1) is 5.92 Å². The van der Waals surface area contributed by atoms with Crippen molar-refractivity contribution in [1.82, 2.24) is 0 Å². The molecule has 0 fully saturated rings. The fourth-order valence-corrected chi connectivity index (χ4v) is 2.64. The molecule has 0 unspecified atom stereocenters. The fourth-order valence-electron chi connectivity index (χ4n) is 2.64. The predicted molar refractivity (Wildman–Crippen MR) is 105 cm³/mol. The van der Waals surface area contributed by atoms with Crippen LogP contribution in [-0.4, -0.2) is 16.9 Å². The molecule has 0 aromatic heterocycles. The molecule has 3 heteroatoms. The number of allylic oxidation sites excluding steroid dienone is 1. The summed E-state index contributed by atoms with van der Waals surface area (Å²) in [6.45, 7) is 7.92. The highest BCUT2D eigenvalue weighted by atomic mass is 16.4. The molecule has 2 aromatic rings. The van der Waals surface area contributed by atoms with Crippen molar-refractivity contribution < 1.29 is 14.7 Å². The number of aliphatic carboxylic acids is 1. The lowest BCUT2D eigenvalue weighted by Crippen LogP contribution is -2.14. The van der Waals surface area contributed by atoms with Gasteiger partial charge in [0, 0.05) is 5.56 Å². The molecule has 0 spiro atoms. The second-order valence-corrected chi connectivity index (χ2v) is 7.71. The van der Waals surface area contributed by atoms with E-state index >= 15 is 0 Å². The van der Waals surface area contributed by atoms with Gasteiger partial charge in [-0.15, -0.1) is 0 Å². The zero-order valence-electron chi connectivity index (χ0n) is 15.8. The van der Waals surface area contributed by atoms with Gasteiger partial charge in [0.25, 0.3) is 0 Å². The number of ketones is 1. The highest BCUT2D eigenvalue weighted by Gasteiger charge is 2.20. The smallest absolute Gasteiger partial charge is 0.311 e. The quantitative estimate of drug-likeness (QED) is 0.714. The van der Waals surface area contributed by atoms with E-state index in [0.717, 1.165) is 16.7 Å². The van der Waals surface area contributed by atoms with Gasteiger partial charge in [-0.3, -0.25) is 9.59 Å². The number of Topliss-reactive ketones (excluding diaryl/α,β-unsaturated/α-hetero) is 1. The number of hydrogen-bond donors (Lipinski definition) is 1. The van der Waals surface area contributed by atoms with Crippen LogP contribution in [0, 0.1) is 5.41 Å². The Morgan fingerprint density at radius 1 is 1.00 bits per heavy atom. The van der Waals surface area contributed by atoms with Gasteiger partial charge < -0.3 is 5.11 Å². The molecule has 2 rings (SSSR count). The van der Waals surface area contributed by atoms with Crippen molar-refractivity contribution in [2.75, 3.05) is 0 Å². The van der Waals surface area contributed by atoms with E-state index in [0.29, 0.717) is 12.0 Å². The Morgan fingerprint density at radius 2 is 1.58 bits per heavy atom. The van der Waals surface area contributed by atoms with E-state index in [1.54, 1.807) is 12.1 Å². The summed E-state index contributed by atoms with van der Waals surface area (Å²) in [5.74, 6) is -1.46. The van der Waals surface area contributed by atoms with Crippen LogP contribution >= 0.6 is 0 Å². The van der Waals surface area contributed by atoms with Crippen molar-refractivity contribution >= 4 is 17.8 Å². The number of carboxylic acids is 1. The molecule has 26 heavy (non-hydrogen) atoms. The molecule has 0 saturated carbocycles. The third kappa shape index (κ3) is 5.69. The van der Waals surface area contributed by atoms with Crippen LogP contribution in [0.2, 0.25) is 0 Å². The lowest BCUT2D eigenvalue weighted by Gasteiger charge is -2.14. The van der Waals surface area contributed by atoms with E-state index in [-0.39, 0.29) is 11.2 Å². The molecule has 0 bridgehead atoms. The third-order valence-corrected chi connectivity index (χ3v) is 4.21. The Balaban J connectivity index is 2.18. The molecule has 0 amide bonds. The van der Waals surface area contributed by atoms with Crippen LogP contribution < -0.4 is 0 Å². The fraction of sp³-hybridized carbons (Fsp3) is 0.304. The maximum atomic E-state index is 11.8. The molecule has 1 N–H and O–H groups in total. The molecule has 3 nitrogen and oxygen atoms in total. The maximum absolute atomic E-state index is 11.8. The van der Waals surface area contributed by atoms with E-state index in [1.165, 1.54) is 6.92 Å². The van der Waals surface area contributed by atoms with Gasteiger partial charge in [-0.1, -0.05) is 81.5 Å². The van der Waals surface area contributed by atoms with E-state index in [2.05, 4.69) is 32.9 Å². The molecule has 0 aliphatic rings. The van der Waals surface area contributed by atoms with Gasteiger partial charge in [0.15, 0.2) is 5.78 Å². The first-order valence-electron chi connectivity index (χ1n) is 8.77. The molecule has 0 radical (unpaired) electrons. The van der Waals surface area contributed by atoms with Crippen molar-refractivity contribution in [1.29, 1.82) is 0 Å². The summed E-state index contributed by atoms with van der Waals surface area (Å²) in [4.78, 5) is 23.1. The summed E-state index contributed by atoms with van der Waals surface area (Å²) in [6, 6.07) is 14.8. The standard InChI is InChI=1S/C23H26O3/c1-16(24)19-9-7-18(8-10-19)15-21(22(25)26)20-11-5-17(6-12-20)13-14-23(2,3)4/h5-14,21H,15H2,1-4H3,(H,25,26)/b14-13+/t21-/m1/s1. The van der Waals surface area contributed by atoms with Gasteiger partial charge in [-0.2, -0.15) is 0 Å². The van der Waals surface area contributed by atoms with E-state index < -0.39 is 11.9 Å². The van der Waals surface area contributed by atoms with E-state index in [9.17, 15) is 14.7 Å². The molecule has 2 aromatic carbocycles. The maximum Gasteiger partial charge on any atom is 0.311 e. The Hall–Kier alpha value is -2.68. The summed E-state index contributed by atoms with van der Waals surface area (Å²) in [5.41, 5.74) is 3.48. The second kappa shape index (κ2) is 8.13. The monoisotopic (exact) mass is 350 g/mol. The largest absolute Gasteiger partial charge is 0.481 e. The van der Waals surface area contributed by atoms with Crippen molar-refractivity contribution in [3.8, 4) is 0 Å². The number of hydrogen-bond acceptors (Lipinski definition) is 2. The van der Waals surface area contributed by atoms with Gasteiger partial charge in [-0.25, -0.2) is 0 Å². The average Bonchev–Trinajstić information content (AvgIpc) is 2.58. The van der Waals surface area contributed by atoms with Crippen LogP contribution in [0.5, 0.6) is 0 Å². The van der Waals surface area contributed by atoms with Gasteiger partial charge in [0.2, 0.25) is 0 Å². The van der Waals surface area contributed by atoms with Crippen LogP contribution in [0.25, 0.3) is 6.08 Å². The first kappa shape index (κ1) is 19.6. The van der Waals surface area contributed by atoms with Gasteiger partial charge >= 0.3 is 5.97 Å². The van der Waals surface area contributed by atoms with E-state index in [1.807, 2.05) is 36.4 Å². The van der Waals surface area contributed by atoms with E-state index in [4.69, 9.17) is 0 Å². The van der Waals surface area contributed by atoms with Crippen molar-refractivity contribution in [3.63, 3.8) is 0 Å². The molecule has 1 atom stereocenters. The minimum absolute atomic E-state index is 0.00485. The lowest BCUT2D eigenvalue weighted by atomic mass is 9.90. The summed E-state index contributed by atoms with van der Waals surface area (Å²) < 4.78 is 0. The molecular weight excluding hydrogens is 324 g/mol. The Labute approximate surface area is 155 Å². The SMILES string of the molecule is CC(=O)c1ccc(C[C@@H](C(=O)O)c2ccc(/C=C/C(C)(C)C)cc2)cc1. The molecule has 0 heterocycles. The topological polar surface area (TPSA) is 54.4 Å². The van der Waals surface area contributed by atoms with Crippen LogP contribution in [-0.2, 0) is 11.2 Å². The Kier molecular flexibility index (Phi) is 6.14. The van der Waals surface area contributed by atoms with Crippen LogP contribution in [0.3, 0.4) is 0 Å². The normalized spacial score (nSPS) is 12.9.